The lowest BCUT2D eigenvalue weighted by Crippen LogP contribution is -2.29. The highest BCUT2D eigenvalue weighted by molar-refractivity contribution is 5.98. The van der Waals surface area contributed by atoms with Crippen molar-refractivity contribution >= 4 is 11.6 Å². The maximum absolute atomic E-state index is 12.3. The SMILES string of the molecule is O=C(NOCC1CCC1)c1ccccc1NCc1ccncc1. The molecule has 1 fully saturated rings. The second-order valence-electron chi connectivity index (χ2n) is 5.79. The van der Waals surface area contributed by atoms with Crippen molar-refractivity contribution in [1.82, 2.24) is 10.5 Å². The van der Waals surface area contributed by atoms with Gasteiger partial charge in [0.05, 0.1) is 12.2 Å². The fourth-order valence-corrected chi connectivity index (χ4v) is 2.47. The van der Waals surface area contributed by atoms with Gasteiger partial charge < -0.3 is 5.32 Å². The molecule has 0 atom stereocenters. The molecule has 1 aliphatic rings. The summed E-state index contributed by atoms with van der Waals surface area (Å²) in [5.41, 5.74) is 5.02. The van der Waals surface area contributed by atoms with E-state index in [1.54, 1.807) is 18.5 Å². The van der Waals surface area contributed by atoms with Crippen LogP contribution in [0.4, 0.5) is 5.69 Å². The van der Waals surface area contributed by atoms with Crippen molar-refractivity contribution < 1.29 is 9.63 Å². The Bertz CT molecular complexity index is 642. The minimum Gasteiger partial charge on any atom is -0.380 e. The van der Waals surface area contributed by atoms with Crippen LogP contribution in [0.5, 0.6) is 0 Å². The van der Waals surface area contributed by atoms with Crippen molar-refractivity contribution in [2.24, 2.45) is 5.92 Å². The summed E-state index contributed by atoms with van der Waals surface area (Å²) < 4.78 is 0. The van der Waals surface area contributed by atoms with Crippen molar-refractivity contribution in [1.29, 1.82) is 0 Å². The Balaban J connectivity index is 1.56. The first-order valence-electron chi connectivity index (χ1n) is 7.97. The number of carbonyl (C=O) groups is 1. The van der Waals surface area contributed by atoms with Crippen LogP contribution in [0.3, 0.4) is 0 Å². The number of amides is 1. The monoisotopic (exact) mass is 311 g/mol. The van der Waals surface area contributed by atoms with E-state index in [1.165, 1.54) is 19.3 Å². The number of carbonyl (C=O) groups excluding carboxylic acids is 1. The maximum Gasteiger partial charge on any atom is 0.276 e. The molecule has 1 heterocycles. The number of nitrogens with one attached hydrogen (secondary N) is 2. The standard InChI is InChI=1S/C18H21N3O2/c22-18(21-23-13-15-4-3-5-15)16-6-1-2-7-17(16)20-12-14-8-10-19-11-9-14/h1-2,6-11,15,20H,3-5,12-13H2,(H,21,22). The first-order chi connectivity index (χ1) is 11.3. The molecule has 0 saturated heterocycles. The molecule has 5 heteroatoms. The van der Waals surface area contributed by atoms with Gasteiger partial charge in [0.1, 0.15) is 0 Å². The van der Waals surface area contributed by atoms with Gasteiger partial charge in [0.15, 0.2) is 0 Å². The quantitative estimate of drug-likeness (QED) is 0.771. The van der Waals surface area contributed by atoms with Crippen LogP contribution >= 0.6 is 0 Å². The molecule has 2 N–H and O–H groups in total. The first kappa shape index (κ1) is 15.5. The number of hydroxylamine groups is 1. The van der Waals surface area contributed by atoms with Gasteiger partial charge in [-0.1, -0.05) is 18.6 Å². The third-order valence-corrected chi connectivity index (χ3v) is 4.11. The van der Waals surface area contributed by atoms with Crippen molar-refractivity contribution in [2.45, 2.75) is 25.8 Å². The van der Waals surface area contributed by atoms with E-state index in [0.29, 0.717) is 24.6 Å². The second-order valence-corrected chi connectivity index (χ2v) is 5.79. The zero-order chi connectivity index (χ0) is 15.9. The third kappa shape index (κ3) is 4.29. The summed E-state index contributed by atoms with van der Waals surface area (Å²) in [5.74, 6) is 0.373. The summed E-state index contributed by atoms with van der Waals surface area (Å²) in [6.07, 6.45) is 7.16. The van der Waals surface area contributed by atoms with Gasteiger partial charge >= 0.3 is 0 Å². The Hall–Kier alpha value is -2.40. The highest BCUT2D eigenvalue weighted by Gasteiger charge is 2.18. The first-order valence-corrected chi connectivity index (χ1v) is 7.97. The molecule has 0 unspecified atom stereocenters. The summed E-state index contributed by atoms with van der Waals surface area (Å²) in [6, 6.07) is 11.3. The molecular formula is C18H21N3O2. The van der Waals surface area contributed by atoms with Crippen LogP contribution < -0.4 is 10.8 Å². The van der Waals surface area contributed by atoms with E-state index in [2.05, 4.69) is 15.8 Å². The highest BCUT2D eigenvalue weighted by atomic mass is 16.6. The van der Waals surface area contributed by atoms with E-state index >= 15 is 0 Å². The second kappa shape index (κ2) is 7.74. The molecule has 1 amide bonds. The van der Waals surface area contributed by atoms with E-state index in [1.807, 2.05) is 30.3 Å². The smallest absolute Gasteiger partial charge is 0.276 e. The number of anilines is 1. The normalized spacial score (nSPS) is 14.1. The van der Waals surface area contributed by atoms with Crippen LogP contribution in [0, 0.1) is 5.92 Å². The molecule has 1 aromatic carbocycles. The summed E-state index contributed by atoms with van der Waals surface area (Å²) in [7, 11) is 0. The van der Waals surface area contributed by atoms with Gasteiger partial charge in [0.25, 0.3) is 5.91 Å². The minimum atomic E-state index is -0.220. The zero-order valence-corrected chi connectivity index (χ0v) is 13.0. The average molecular weight is 311 g/mol. The predicted molar refractivity (Wildman–Crippen MR) is 88.8 cm³/mol. The van der Waals surface area contributed by atoms with Gasteiger partial charge in [-0.25, -0.2) is 5.48 Å². The number of benzene rings is 1. The van der Waals surface area contributed by atoms with Crippen LogP contribution in [-0.4, -0.2) is 17.5 Å². The van der Waals surface area contributed by atoms with Gasteiger partial charge in [-0.2, -0.15) is 0 Å². The number of nitrogens with zero attached hydrogens (tertiary/aromatic N) is 1. The van der Waals surface area contributed by atoms with E-state index in [0.717, 1.165) is 11.3 Å². The fourth-order valence-electron chi connectivity index (χ4n) is 2.47. The van der Waals surface area contributed by atoms with Crippen LogP contribution in [0.25, 0.3) is 0 Å². The number of hydrogen-bond donors (Lipinski definition) is 2. The predicted octanol–water partition coefficient (Wildman–Crippen LogP) is 3.16. The van der Waals surface area contributed by atoms with Gasteiger partial charge in [-0.3, -0.25) is 14.6 Å². The van der Waals surface area contributed by atoms with Crippen molar-refractivity contribution in [3.05, 3.63) is 59.9 Å². The molecule has 0 spiro atoms. The summed E-state index contributed by atoms with van der Waals surface area (Å²) in [4.78, 5) is 21.6. The Kier molecular flexibility index (Phi) is 5.21. The van der Waals surface area contributed by atoms with Gasteiger partial charge in [-0.05, 0) is 48.6 Å². The summed E-state index contributed by atoms with van der Waals surface area (Å²) in [6.45, 7) is 1.23. The van der Waals surface area contributed by atoms with Gasteiger partial charge in [0.2, 0.25) is 0 Å². The average Bonchev–Trinajstić information content (AvgIpc) is 2.56. The fraction of sp³-hybridized carbons (Fsp3) is 0.333. The van der Waals surface area contributed by atoms with E-state index in [4.69, 9.17) is 4.84 Å². The number of rotatable bonds is 7. The molecule has 2 aromatic rings. The minimum absolute atomic E-state index is 0.220. The van der Waals surface area contributed by atoms with E-state index < -0.39 is 0 Å². The maximum atomic E-state index is 12.3. The van der Waals surface area contributed by atoms with Crippen molar-refractivity contribution in [3.63, 3.8) is 0 Å². The molecule has 0 radical (unpaired) electrons. The number of aromatic nitrogens is 1. The van der Waals surface area contributed by atoms with Crippen LogP contribution in [0.2, 0.25) is 0 Å². The Morgan fingerprint density at radius 1 is 1.17 bits per heavy atom. The summed E-state index contributed by atoms with van der Waals surface area (Å²) in [5, 5.41) is 3.29. The van der Waals surface area contributed by atoms with Crippen LogP contribution in [0.15, 0.2) is 48.8 Å². The Morgan fingerprint density at radius 3 is 2.70 bits per heavy atom. The number of para-hydroxylation sites is 1. The van der Waals surface area contributed by atoms with E-state index in [-0.39, 0.29) is 5.91 Å². The molecule has 1 aromatic heterocycles. The van der Waals surface area contributed by atoms with Crippen molar-refractivity contribution in [2.75, 3.05) is 11.9 Å². The van der Waals surface area contributed by atoms with Crippen LogP contribution in [-0.2, 0) is 11.4 Å². The molecule has 3 rings (SSSR count). The lowest BCUT2D eigenvalue weighted by Gasteiger charge is -2.24. The highest BCUT2D eigenvalue weighted by Crippen LogP contribution is 2.26. The van der Waals surface area contributed by atoms with E-state index in [9.17, 15) is 4.79 Å². The van der Waals surface area contributed by atoms with Crippen molar-refractivity contribution in [3.8, 4) is 0 Å². The molecule has 23 heavy (non-hydrogen) atoms. The Morgan fingerprint density at radius 2 is 1.96 bits per heavy atom. The lowest BCUT2D eigenvalue weighted by molar-refractivity contribution is 0.00324. The molecule has 5 nitrogen and oxygen atoms in total. The largest absolute Gasteiger partial charge is 0.380 e. The van der Waals surface area contributed by atoms with Crippen LogP contribution in [0.1, 0.15) is 35.2 Å². The third-order valence-electron chi connectivity index (χ3n) is 4.11. The molecule has 1 saturated carbocycles. The molecule has 120 valence electrons. The zero-order valence-electron chi connectivity index (χ0n) is 13.0. The molecule has 0 bridgehead atoms. The van der Waals surface area contributed by atoms with Gasteiger partial charge in [-0.15, -0.1) is 0 Å². The summed E-state index contributed by atoms with van der Waals surface area (Å²) >= 11 is 0. The number of pyridine rings is 1. The van der Waals surface area contributed by atoms with Gasteiger partial charge in [0, 0.05) is 24.6 Å². The lowest BCUT2D eigenvalue weighted by atomic mass is 9.86. The molecular weight excluding hydrogens is 290 g/mol. The molecule has 0 aliphatic heterocycles. The molecule has 1 aliphatic carbocycles. The topological polar surface area (TPSA) is 63.2 Å². The Labute approximate surface area is 136 Å². The number of hydrogen-bond acceptors (Lipinski definition) is 4.